The molecule has 0 amide bonds. The molecule has 150 valence electrons. The third-order valence-electron chi connectivity index (χ3n) is 3.16. The van der Waals surface area contributed by atoms with Gasteiger partial charge in [-0.05, 0) is 12.1 Å². The zero-order valence-corrected chi connectivity index (χ0v) is 17.5. The molecule has 0 spiro atoms. The summed E-state index contributed by atoms with van der Waals surface area (Å²) in [5, 5.41) is 7.38. The van der Waals surface area contributed by atoms with E-state index in [0.29, 0.717) is 42.8 Å². The molecule has 1 aromatic heterocycles. The molecular weight excluding hydrogens is 499 g/mol. The molecule has 0 unspecified atom stereocenters. The number of nitrogens with zero attached hydrogens (tertiary/aromatic N) is 2. The van der Waals surface area contributed by atoms with Gasteiger partial charge in [-0.3, -0.25) is 4.99 Å². The molecule has 0 saturated heterocycles. The van der Waals surface area contributed by atoms with Gasteiger partial charge in [-0.1, -0.05) is 6.07 Å². The summed E-state index contributed by atoms with van der Waals surface area (Å²) < 4.78 is 55.9. The highest BCUT2D eigenvalue weighted by Crippen LogP contribution is 2.29. The molecule has 11 heteroatoms. The van der Waals surface area contributed by atoms with E-state index in [9.17, 15) is 17.6 Å². The molecule has 0 radical (unpaired) electrons. The number of nitrogens with one attached hydrogen (secondary N) is 2. The molecule has 2 N–H and O–H groups in total. The summed E-state index contributed by atoms with van der Waals surface area (Å²) in [4.78, 5) is 7.57. The maximum atomic E-state index is 13.0. The van der Waals surface area contributed by atoms with Crippen molar-refractivity contribution in [2.45, 2.75) is 12.6 Å². The third kappa shape index (κ3) is 8.28. The SMILES string of the molecule is CN=C(NCCOc1cccc(F)c1)NCCc1nc(C(F)(F)F)cs1.I. The Morgan fingerprint density at radius 2 is 2.00 bits per heavy atom. The summed E-state index contributed by atoms with van der Waals surface area (Å²) >= 11 is 0.974. The standard InChI is InChI=1S/C16H18F4N4OS.HI/c1-21-15(23-7-8-25-12-4-2-3-11(17)9-12)22-6-5-14-24-13(10-26-14)16(18,19)20;/h2-4,9-10H,5-8H2,1H3,(H2,21,22,23);1H. The van der Waals surface area contributed by atoms with Crippen LogP contribution in [0.1, 0.15) is 10.7 Å². The van der Waals surface area contributed by atoms with Crippen LogP contribution in [0.2, 0.25) is 0 Å². The van der Waals surface area contributed by atoms with E-state index in [2.05, 4.69) is 20.6 Å². The molecule has 0 aliphatic carbocycles. The van der Waals surface area contributed by atoms with Crippen LogP contribution >= 0.6 is 35.3 Å². The smallest absolute Gasteiger partial charge is 0.434 e. The lowest BCUT2D eigenvalue weighted by atomic mass is 10.3. The van der Waals surface area contributed by atoms with E-state index in [1.165, 1.54) is 12.1 Å². The molecule has 5 nitrogen and oxygen atoms in total. The Balaban J connectivity index is 0.00000364. The highest BCUT2D eigenvalue weighted by molar-refractivity contribution is 14.0. The number of thiazole rings is 1. The number of benzene rings is 1. The Labute approximate surface area is 175 Å². The van der Waals surface area contributed by atoms with Gasteiger partial charge in [0.05, 0.1) is 11.6 Å². The van der Waals surface area contributed by atoms with E-state index in [0.717, 1.165) is 16.7 Å². The first-order valence-corrected chi connectivity index (χ1v) is 8.61. The summed E-state index contributed by atoms with van der Waals surface area (Å²) in [7, 11) is 1.58. The first kappa shape index (κ1) is 23.4. The summed E-state index contributed by atoms with van der Waals surface area (Å²) in [6, 6.07) is 5.83. The second-order valence-corrected chi connectivity index (χ2v) is 6.05. The molecule has 0 aliphatic rings. The van der Waals surface area contributed by atoms with Crippen molar-refractivity contribution < 1.29 is 22.3 Å². The van der Waals surface area contributed by atoms with E-state index in [1.54, 1.807) is 19.2 Å². The van der Waals surface area contributed by atoms with Gasteiger partial charge in [0.1, 0.15) is 18.2 Å². The Morgan fingerprint density at radius 3 is 2.63 bits per heavy atom. The summed E-state index contributed by atoms with van der Waals surface area (Å²) in [6.07, 6.45) is -4.07. The van der Waals surface area contributed by atoms with Gasteiger partial charge in [-0.25, -0.2) is 9.37 Å². The quantitative estimate of drug-likeness (QED) is 0.193. The molecule has 0 fully saturated rings. The minimum absolute atomic E-state index is 0. The van der Waals surface area contributed by atoms with E-state index >= 15 is 0 Å². The molecule has 0 aliphatic heterocycles. The van der Waals surface area contributed by atoms with E-state index in [1.807, 2.05) is 0 Å². The lowest BCUT2D eigenvalue weighted by Crippen LogP contribution is -2.40. The van der Waals surface area contributed by atoms with Gasteiger partial charge in [0.2, 0.25) is 0 Å². The van der Waals surface area contributed by atoms with Gasteiger partial charge < -0.3 is 15.4 Å². The van der Waals surface area contributed by atoms with Gasteiger partial charge in [-0.2, -0.15) is 13.2 Å². The number of guanidine groups is 1. The number of hydrogen-bond donors (Lipinski definition) is 2. The van der Waals surface area contributed by atoms with Crippen molar-refractivity contribution in [2.75, 3.05) is 26.7 Å². The minimum Gasteiger partial charge on any atom is -0.492 e. The molecule has 1 aromatic carbocycles. The van der Waals surface area contributed by atoms with Gasteiger partial charge >= 0.3 is 6.18 Å². The molecule has 2 rings (SSSR count). The Morgan fingerprint density at radius 1 is 1.26 bits per heavy atom. The van der Waals surface area contributed by atoms with Crippen LogP contribution in [0, 0.1) is 5.82 Å². The number of aliphatic imine (C=N–C) groups is 1. The lowest BCUT2D eigenvalue weighted by Gasteiger charge is -2.12. The maximum Gasteiger partial charge on any atom is 0.434 e. The van der Waals surface area contributed by atoms with Crippen molar-refractivity contribution in [2.24, 2.45) is 4.99 Å². The zero-order valence-electron chi connectivity index (χ0n) is 14.3. The van der Waals surface area contributed by atoms with Crippen molar-refractivity contribution in [3.05, 3.63) is 46.2 Å². The number of alkyl halides is 3. The lowest BCUT2D eigenvalue weighted by molar-refractivity contribution is -0.140. The molecule has 1 heterocycles. The van der Waals surface area contributed by atoms with Crippen molar-refractivity contribution in [3.63, 3.8) is 0 Å². The van der Waals surface area contributed by atoms with Gasteiger partial charge in [0.25, 0.3) is 0 Å². The number of ether oxygens (including phenoxy) is 1. The van der Waals surface area contributed by atoms with Crippen LogP contribution in [0.15, 0.2) is 34.6 Å². The van der Waals surface area contributed by atoms with Crippen LogP contribution < -0.4 is 15.4 Å². The molecule has 2 aromatic rings. The molecule has 0 atom stereocenters. The number of hydrogen-bond acceptors (Lipinski definition) is 4. The van der Waals surface area contributed by atoms with E-state index in [-0.39, 0.29) is 29.8 Å². The zero-order chi connectivity index (χ0) is 19.0. The van der Waals surface area contributed by atoms with Crippen molar-refractivity contribution in [3.8, 4) is 5.75 Å². The normalized spacial score (nSPS) is 11.7. The average molecular weight is 518 g/mol. The largest absolute Gasteiger partial charge is 0.492 e. The monoisotopic (exact) mass is 518 g/mol. The summed E-state index contributed by atoms with van der Waals surface area (Å²) in [5.41, 5.74) is -0.866. The summed E-state index contributed by atoms with van der Waals surface area (Å²) in [6.45, 7) is 1.10. The van der Waals surface area contributed by atoms with Crippen LogP contribution in [-0.2, 0) is 12.6 Å². The summed E-state index contributed by atoms with van der Waals surface area (Å²) in [5.74, 6) is 0.545. The van der Waals surface area contributed by atoms with Crippen molar-refractivity contribution in [1.29, 1.82) is 0 Å². The Kier molecular flexibility index (Phi) is 9.77. The maximum absolute atomic E-state index is 13.0. The van der Waals surface area contributed by atoms with Crippen LogP contribution in [-0.4, -0.2) is 37.7 Å². The average Bonchev–Trinajstić information content (AvgIpc) is 3.06. The fourth-order valence-electron chi connectivity index (χ4n) is 1.96. The van der Waals surface area contributed by atoms with Gasteiger partial charge in [0.15, 0.2) is 11.7 Å². The molecule has 27 heavy (non-hydrogen) atoms. The predicted octanol–water partition coefficient (Wildman–Crippen LogP) is 3.71. The molecule has 0 bridgehead atoms. The minimum atomic E-state index is -4.42. The topological polar surface area (TPSA) is 58.5 Å². The van der Waals surface area contributed by atoms with Crippen LogP contribution in [0.25, 0.3) is 0 Å². The number of rotatable bonds is 7. The van der Waals surface area contributed by atoms with Gasteiger partial charge in [-0.15, -0.1) is 35.3 Å². The third-order valence-corrected chi connectivity index (χ3v) is 4.07. The van der Waals surface area contributed by atoms with Gasteiger partial charge in [0, 0.05) is 31.5 Å². The highest BCUT2D eigenvalue weighted by Gasteiger charge is 2.33. The van der Waals surface area contributed by atoms with Crippen molar-refractivity contribution in [1.82, 2.24) is 15.6 Å². The molecule has 0 saturated carbocycles. The Bertz CT molecular complexity index is 739. The second kappa shape index (κ2) is 11.3. The fourth-order valence-corrected chi connectivity index (χ4v) is 2.76. The highest BCUT2D eigenvalue weighted by atomic mass is 127. The number of aromatic nitrogens is 1. The fraction of sp³-hybridized carbons (Fsp3) is 0.375. The van der Waals surface area contributed by atoms with E-state index < -0.39 is 11.9 Å². The number of halogens is 5. The molecular formula is C16H19F4IN4OS. The second-order valence-electron chi connectivity index (χ2n) is 5.11. The van der Waals surface area contributed by atoms with E-state index in [4.69, 9.17) is 4.74 Å². The first-order chi connectivity index (χ1) is 12.4. The Hall–Kier alpha value is -1.63. The predicted molar refractivity (Wildman–Crippen MR) is 107 cm³/mol. The van der Waals surface area contributed by atoms with Crippen LogP contribution in [0.3, 0.4) is 0 Å². The van der Waals surface area contributed by atoms with Crippen molar-refractivity contribution >= 4 is 41.3 Å². The van der Waals surface area contributed by atoms with Crippen LogP contribution in [0.4, 0.5) is 17.6 Å². The van der Waals surface area contributed by atoms with Crippen LogP contribution in [0.5, 0.6) is 5.75 Å². The first-order valence-electron chi connectivity index (χ1n) is 7.73.